The van der Waals surface area contributed by atoms with E-state index < -0.39 is 6.04 Å². The highest BCUT2D eigenvalue weighted by Crippen LogP contribution is 2.63. The van der Waals surface area contributed by atoms with Crippen molar-refractivity contribution in [2.75, 3.05) is 6.61 Å². The lowest BCUT2D eigenvalue weighted by atomic mass is 9.97. The number of ether oxygens (including phenoxy) is 1. The predicted octanol–water partition coefficient (Wildman–Crippen LogP) is 6.97. The molecule has 1 aromatic rings. The highest BCUT2D eigenvalue weighted by molar-refractivity contribution is 8.19. The Bertz CT molecular complexity index is 762. The van der Waals surface area contributed by atoms with Crippen molar-refractivity contribution in [2.24, 2.45) is 10.4 Å². The smallest absolute Gasteiger partial charge is 0.189 e. The molecule has 1 aliphatic heterocycles. The fourth-order valence-electron chi connectivity index (χ4n) is 5.65. The van der Waals surface area contributed by atoms with Crippen LogP contribution in [0.4, 0.5) is 0 Å². The van der Waals surface area contributed by atoms with Crippen molar-refractivity contribution >= 4 is 29.0 Å². The number of nitrogens with zero attached hydrogens (tertiary/aromatic N) is 1. The fraction of sp³-hybridized carbons (Fsp3) is 0.720. The molecule has 2 saturated carbocycles. The summed E-state index contributed by atoms with van der Waals surface area (Å²) in [4.78, 5) is 5.06. The Labute approximate surface area is 182 Å². The second-order valence-corrected chi connectivity index (χ2v) is 15.5. The molecule has 1 atom stereocenters. The lowest BCUT2D eigenvalue weighted by Gasteiger charge is -2.43. The zero-order valence-electron chi connectivity index (χ0n) is 18.5. The van der Waals surface area contributed by atoms with Crippen molar-refractivity contribution in [3.63, 3.8) is 0 Å². The number of hydrogen-bond acceptors (Lipinski definition) is 3. The van der Waals surface area contributed by atoms with E-state index in [1.54, 1.807) is 0 Å². The normalized spacial score (nSPS) is 24.9. The van der Waals surface area contributed by atoms with E-state index in [-0.39, 0.29) is 11.5 Å². The van der Waals surface area contributed by atoms with Gasteiger partial charge in [0.2, 0.25) is 0 Å². The van der Waals surface area contributed by atoms with E-state index in [4.69, 9.17) is 21.5 Å². The summed E-state index contributed by atoms with van der Waals surface area (Å²) in [5.41, 5.74) is 2.83. The van der Waals surface area contributed by atoms with Crippen molar-refractivity contribution in [1.82, 2.24) is 0 Å². The van der Waals surface area contributed by atoms with Crippen molar-refractivity contribution in [3.8, 4) is 0 Å². The summed E-state index contributed by atoms with van der Waals surface area (Å²) in [6.07, 6.45) is 13.7. The van der Waals surface area contributed by atoms with Crippen molar-refractivity contribution in [1.29, 1.82) is 0 Å². The molecule has 0 radical (unpaired) electrons. The molecule has 4 rings (SSSR count). The molecule has 2 nitrogen and oxygen atoms in total. The molecule has 0 N–H and O–H groups in total. The molecule has 1 heterocycles. The van der Waals surface area contributed by atoms with Crippen LogP contribution in [-0.2, 0) is 16.5 Å². The monoisotopic (exact) mass is 431 g/mol. The lowest BCUT2D eigenvalue weighted by molar-refractivity contribution is 0.283. The highest BCUT2D eigenvalue weighted by atomic mass is 32.4. The second kappa shape index (κ2) is 8.83. The van der Waals surface area contributed by atoms with Gasteiger partial charge in [-0.15, -0.1) is 0 Å². The molecule has 4 heteroatoms. The molecule has 2 aliphatic carbocycles. The van der Waals surface area contributed by atoms with Crippen LogP contribution in [0.1, 0.15) is 96.6 Å². The zero-order chi connectivity index (χ0) is 20.5. The third kappa shape index (κ3) is 4.38. The molecule has 2 fully saturated rings. The third-order valence-corrected chi connectivity index (χ3v) is 13.9. The van der Waals surface area contributed by atoms with Crippen LogP contribution in [0.15, 0.2) is 29.3 Å². The molecule has 0 amide bonds. The van der Waals surface area contributed by atoms with Crippen LogP contribution in [-0.4, -0.2) is 23.8 Å². The Balaban J connectivity index is 1.76. The van der Waals surface area contributed by atoms with Gasteiger partial charge in [-0.25, -0.2) is 4.99 Å². The molecule has 29 heavy (non-hydrogen) atoms. The third-order valence-electron chi connectivity index (χ3n) is 7.20. The van der Waals surface area contributed by atoms with Crippen LogP contribution in [0, 0.1) is 5.41 Å². The molecule has 0 aromatic heterocycles. The molecule has 0 saturated heterocycles. The maximum atomic E-state index is 6.86. The minimum Gasteiger partial charge on any atom is -0.478 e. The summed E-state index contributed by atoms with van der Waals surface area (Å²) in [6.45, 7) is 7.24. The summed E-state index contributed by atoms with van der Waals surface area (Å²) in [6, 6.07) is 7.58. The van der Waals surface area contributed by atoms with Gasteiger partial charge in [-0.3, -0.25) is 0 Å². The first kappa shape index (κ1) is 21.6. The highest BCUT2D eigenvalue weighted by Gasteiger charge is 2.41. The van der Waals surface area contributed by atoms with Crippen molar-refractivity contribution in [2.45, 2.75) is 102 Å². The van der Waals surface area contributed by atoms with Gasteiger partial charge in [-0.1, -0.05) is 95.4 Å². The van der Waals surface area contributed by atoms with Gasteiger partial charge >= 0.3 is 0 Å². The minimum atomic E-state index is -1.66. The maximum Gasteiger partial charge on any atom is 0.189 e. The summed E-state index contributed by atoms with van der Waals surface area (Å²) in [5, 5.41) is 1.52. The number of rotatable bonds is 4. The van der Waals surface area contributed by atoms with E-state index in [0.717, 1.165) is 17.2 Å². The topological polar surface area (TPSA) is 21.6 Å². The van der Waals surface area contributed by atoms with E-state index >= 15 is 0 Å². The van der Waals surface area contributed by atoms with Crippen LogP contribution in [0.5, 0.6) is 0 Å². The molecule has 0 spiro atoms. The first-order valence-corrected chi connectivity index (χ1v) is 14.7. The van der Waals surface area contributed by atoms with Crippen molar-refractivity contribution < 1.29 is 4.74 Å². The molecule has 0 bridgehead atoms. The van der Waals surface area contributed by atoms with Crippen LogP contribution in [0.3, 0.4) is 0 Å². The Morgan fingerprint density at radius 2 is 1.45 bits per heavy atom. The Kier molecular flexibility index (Phi) is 6.57. The average molecular weight is 432 g/mol. The summed E-state index contributed by atoms with van der Waals surface area (Å²) >= 11 is 6.86. The van der Waals surface area contributed by atoms with E-state index in [9.17, 15) is 0 Å². The molecule has 160 valence electrons. The predicted molar refractivity (Wildman–Crippen MR) is 130 cm³/mol. The van der Waals surface area contributed by atoms with E-state index in [0.29, 0.717) is 6.61 Å². The Morgan fingerprint density at radius 3 is 1.97 bits per heavy atom. The van der Waals surface area contributed by atoms with Crippen LogP contribution in [0.25, 0.3) is 0 Å². The number of aliphatic imine (C=N–C) groups is 1. The first-order chi connectivity index (χ1) is 13.9. The lowest BCUT2D eigenvalue weighted by Crippen LogP contribution is -2.31. The standard InChI is InChI=1S/C25H38NOPS/c1-25(2,3)24-26-22(18-27-24)21-16-10-11-17-23(21)28(29,19-12-6-4-7-13-19)20-14-8-5-9-15-20/h10-11,16-17,19-20,22H,4-9,12-15,18H2,1-3H3/t22-/m0/s1. The van der Waals surface area contributed by atoms with Gasteiger partial charge in [-0.05, 0) is 53.9 Å². The molecule has 1 aromatic carbocycles. The number of hydrogen-bond donors (Lipinski definition) is 0. The summed E-state index contributed by atoms with van der Waals surface area (Å²) in [5.74, 6) is 0.904. The Hall–Kier alpha value is -0.660. The second-order valence-electron chi connectivity index (χ2n) is 10.4. The van der Waals surface area contributed by atoms with Crippen LogP contribution >= 0.6 is 6.04 Å². The van der Waals surface area contributed by atoms with Crippen LogP contribution in [0.2, 0.25) is 0 Å². The van der Waals surface area contributed by atoms with Crippen LogP contribution < -0.4 is 5.30 Å². The van der Waals surface area contributed by atoms with Gasteiger partial charge in [0.25, 0.3) is 0 Å². The SMILES string of the molecule is CC(C)(C)C1=N[C@H](c2ccccc2P(=S)(C2CCCCC2)C2CCCCC2)CO1. The van der Waals surface area contributed by atoms with Gasteiger partial charge in [-0.2, -0.15) is 0 Å². The summed E-state index contributed by atoms with van der Waals surface area (Å²) < 4.78 is 6.07. The minimum absolute atomic E-state index is 0.0311. The Morgan fingerprint density at radius 1 is 0.897 bits per heavy atom. The van der Waals surface area contributed by atoms with Gasteiger partial charge in [0.05, 0.1) is 0 Å². The first-order valence-electron chi connectivity index (χ1n) is 11.8. The van der Waals surface area contributed by atoms with Gasteiger partial charge in [0.15, 0.2) is 5.90 Å². The van der Waals surface area contributed by atoms with E-state index in [2.05, 4.69) is 45.0 Å². The summed E-state index contributed by atoms with van der Waals surface area (Å²) in [7, 11) is 0. The molecular formula is C25H38NOPS. The quantitative estimate of drug-likeness (QED) is 0.480. The average Bonchev–Trinajstić information content (AvgIpc) is 3.25. The maximum absolute atomic E-state index is 6.86. The van der Waals surface area contributed by atoms with Gasteiger partial charge < -0.3 is 4.74 Å². The van der Waals surface area contributed by atoms with E-state index in [1.165, 1.54) is 75.1 Å². The number of benzene rings is 1. The molecule has 0 unspecified atom stereocenters. The zero-order valence-corrected chi connectivity index (χ0v) is 20.2. The largest absolute Gasteiger partial charge is 0.478 e. The van der Waals surface area contributed by atoms with Crippen molar-refractivity contribution in [3.05, 3.63) is 29.8 Å². The van der Waals surface area contributed by atoms with Gasteiger partial charge in [0, 0.05) is 5.41 Å². The fourth-order valence-corrected chi connectivity index (χ4v) is 12.0. The van der Waals surface area contributed by atoms with E-state index in [1.807, 2.05) is 0 Å². The molecular weight excluding hydrogens is 393 g/mol. The molecule has 3 aliphatic rings. The van der Waals surface area contributed by atoms with Gasteiger partial charge in [0.1, 0.15) is 12.6 Å².